The van der Waals surface area contributed by atoms with Crippen molar-refractivity contribution in [1.82, 2.24) is 4.90 Å². The zero-order valence-corrected chi connectivity index (χ0v) is 14.0. The first-order valence-electron chi connectivity index (χ1n) is 8.13. The minimum absolute atomic E-state index is 0.110. The lowest BCUT2D eigenvalue weighted by molar-refractivity contribution is -0.127. The molecule has 0 bridgehead atoms. The van der Waals surface area contributed by atoms with Crippen LogP contribution in [0.3, 0.4) is 0 Å². The average Bonchev–Trinajstić information content (AvgIpc) is 2.56. The van der Waals surface area contributed by atoms with Crippen molar-refractivity contribution >= 4 is 5.91 Å². The van der Waals surface area contributed by atoms with Crippen LogP contribution in [0.15, 0.2) is 54.6 Å². The van der Waals surface area contributed by atoms with Crippen LogP contribution in [0.2, 0.25) is 0 Å². The Morgan fingerprint density at radius 3 is 2.43 bits per heavy atom. The van der Waals surface area contributed by atoms with Crippen LogP contribution in [-0.2, 0) is 11.2 Å². The molecule has 0 atom stereocenters. The Labute approximate surface area is 138 Å². The maximum Gasteiger partial charge on any atom is 0.219 e. The predicted octanol–water partition coefficient (Wildman–Crippen LogP) is 3.91. The molecule has 0 aliphatic heterocycles. The predicted molar refractivity (Wildman–Crippen MR) is 93.7 cm³/mol. The maximum atomic E-state index is 11.1. The second-order valence-electron chi connectivity index (χ2n) is 5.77. The molecule has 0 aliphatic carbocycles. The Morgan fingerprint density at radius 1 is 1.00 bits per heavy atom. The van der Waals surface area contributed by atoms with Crippen molar-refractivity contribution in [2.24, 2.45) is 0 Å². The molecule has 0 saturated carbocycles. The molecule has 0 fully saturated rings. The van der Waals surface area contributed by atoms with Gasteiger partial charge in [-0.3, -0.25) is 4.79 Å². The molecule has 0 saturated heterocycles. The molecule has 2 rings (SSSR count). The number of para-hydroxylation sites is 1. The summed E-state index contributed by atoms with van der Waals surface area (Å²) >= 11 is 0. The number of ether oxygens (including phenoxy) is 1. The highest BCUT2D eigenvalue weighted by molar-refractivity contribution is 5.72. The van der Waals surface area contributed by atoms with Crippen molar-refractivity contribution in [3.05, 3.63) is 65.7 Å². The van der Waals surface area contributed by atoms with Gasteiger partial charge < -0.3 is 9.64 Å². The van der Waals surface area contributed by atoms with Gasteiger partial charge in [-0.2, -0.15) is 0 Å². The molecule has 0 radical (unpaired) electrons. The normalized spacial score (nSPS) is 10.3. The van der Waals surface area contributed by atoms with Crippen molar-refractivity contribution < 1.29 is 9.53 Å². The highest BCUT2D eigenvalue weighted by Crippen LogP contribution is 2.21. The molecule has 0 N–H and O–H groups in total. The summed E-state index contributed by atoms with van der Waals surface area (Å²) in [6.07, 6.45) is 2.78. The molecule has 0 aliphatic rings. The van der Waals surface area contributed by atoms with E-state index in [2.05, 4.69) is 30.3 Å². The zero-order valence-electron chi connectivity index (χ0n) is 14.0. The fourth-order valence-electron chi connectivity index (χ4n) is 2.40. The third kappa shape index (κ3) is 5.78. The van der Waals surface area contributed by atoms with Gasteiger partial charge in [0.05, 0.1) is 6.61 Å². The van der Waals surface area contributed by atoms with E-state index < -0.39 is 0 Å². The fourth-order valence-corrected chi connectivity index (χ4v) is 2.40. The van der Waals surface area contributed by atoms with Crippen LogP contribution in [0.25, 0.3) is 0 Å². The molecule has 23 heavy (non-hydrogen) atoms. The summed E-state index contributed by atoms with van der Waals surface area (Å²) in [5, 5.41) is 0. The van der Waals surface area contributed by atoms with E-state index in [4.69, 9.17) is 4.74 Å². The summed E-state index contributed by atoms with van der Waals surface area (Å²) < 4.78 is 5.95. The zero-order chi connectivity index (χ0) is 16.5. The van der Waals surface area contributed by atoms with Gasteiger partial charge in [-0.05, 0) is 30.0 Å². The van der Waals surface area contributed by atoms with E-state index in [9.17, 15) is 4.79 Å². The Hall–Kier alpha value is -2.29. The second-order valence-corrected chi connectivity index (χ2v) is 5.77. The molecule has 122 valence electrons. The quantitative estimate of drug-likeness (QED) is 0.692. The lowest BCUT2D eigenvalue weighted by Crippen LogP contribution is -2.25. The van der Waals surface area contributed by atoms with Crippen LogP contribution in [0.1, 0.15) is 30.9 Å². The smallest absolute Gasteiger partial charge is 0.219 e. The SMILES string of the molecule is CC(=O)N(C)CCCCOc1ccccc1Cc1ccccc1. The van der Waals surface area contributed by atoms with Gasteiger partial charge in [-0.1, -0.05) is 48.5 Å². The molecule has 0 aromatic heterocycles. The van der Waals surface area contributed by atoms with Gasteiger partial charge in [-0.15, -0.1) is 0 Å². The van der Waals surface area contributed by atoms with Gasteiger partial charge in [0.15, 0.2) is 0 Å². The molecule has 0 spiro atoms. The van der Waals surface area contributed by atoms with Gasteiger partial charge in [0.25, 0.3) is 0 Å². The van der Waals surface area contributed by atoms with Gasteiger partial charge in [-0.25, -0.2) is 0 Å². The first-order chi connectivity index (χ1) is 11.2. The molecule has 3 heteroatoms. The molecular weight excluding hydrogens is 286 g/mol. The van der Waals surface area contributed by atoms with Gasteiger partial charge in [0.2, 0.25) is 5.91 Å². The second kappa shape index (κ2) is 8.99. The molecule has 3 nitrogen and oxygen atoms in total. The van der Waals surface area contributed by atoms with E-state index in [-0.39, 0.29) is 5.91 Å². The van der Waals surface area contributed by atoms with Crippen molar-refractivity contribution in [3.63, 3.8) is 0 Å². The van der Waals surface area contributed by atoms with E-state index in [1.807, 2.05) is 31.3 Å². The number of unbranched alkanes of at least 4 members (excludes halogenated alkanes) is 1. The molecule has 1 amide bonds. The number of rotatable bonds is 8. The van der Waals surface area contributed by atoms with Crippen LogP contribution in [-0.4, -0.2) is 31.0 Å². The van der Waals surface area contributed by atoms with Gasteiger partial charge in [0, 0.05) is 26.9 Å². The lowest BCUT2D eigenvalue weighted by Gasteiger charge is -2.15. The minimum atomic E-state index is 0.110. The first kappa shape index (κ1) is 17.1. The number of amides is 1. The Morgan fingerprint density at radius 2 is 1.70 bits per heavy atom. The van der Waals surface area contributed by atoms with Crippen molar-refractivity contribution in [2.45, 2.75) is 26.2 Å². The van der Waals surface area contributed by atoms with Crippen LogP contribution >= 0.6 is 0 Å². The van der Waals surface area contributed by atoms with Crippen LogP contribution in [0.5, 0.6) is 5.75 Å². The fraction of sp³-hybridized carbons (Fsp3) is 0.350. The number of hydrogen-bond donors (Lipinski definition) is 0. The number of nitrogens with zero attached hydrogens (tertiary/aromatic N) is 1. The lowest BCUT2D eigenvalue weighted by atomic mass is 10.0. The maximum absolute atomic E-state index is 11.1. The summed E-state index contributed by atoms with van der Waals surface area (Å²) in [5.41, 5.74) is 2.49. The summed E-state index contributed by atoms with van der Waals surface area (Å²) in [5.74, 6) is 1.07. The summed E-state index contributed by atoms with van der Waals surface area (Å²) in [7, 11) is 1.83. The Kier molecular flexibility index (Phi) is 6.67. The number of benzene rings is 2. The molecule has 2 aromatic carbocycles. The number of carbonyl (C=O) groups excluding carboxylic acids is 1. The minimum Gasteiger partial charge on any atom is -0.493 e. The number of hydrogen-bond acceptors (Lipinski definition) is 2. The Balaban J connectivity index is 1.82. The van der Waals surface area contributed by atoms with E-state index in [1.54, 1.807) is 11.8 Å². The van der Waals surface area contributed by atoms with Gasteiger partial charge in [0.1, 0.15) is 5.75 Å². The summed E-state index contributed by atoms with van der Waals surface area (Å²) in [6, 6.07) is 18.6. The van der Waals surface area contributed by atoms with Crippen molar-refractivity contribution in [2.75, 3.05) is 20.2 Å². The molecule has 0 heterocycles. The molecule has 0 unspecified atom stereocenters. The van der Waals surface area contributed by atoms with Gasteiger partial charge >= 0.3 is 0 Å². The largest absolute Gasteiger partial charge is 0.493 e. The van der Waals surface area contributed by atoms with E-state index in [0.29, 0.717) is 6.61 Å². The van der Waals surface area contributed by atoms with Crippen LogP contribution < -0.4 is 4.74 Å². The molecule has 2 aromatic rings. The summed E-state index contributed by atoms with van der Waals surface area (Å²) in [6.45, 7) is 3.05. The highest BCUT2D eigenvalue weighted by Gasteiger charge is 2.05. The topological polar surface area (TPSA) is 29.5 Å². The van der Waals surface area contributed by atoms with Crippen LogP contribution in [0.4, 0.5) is 0 Å². The highest BCUT2D eigenvalue weighted by atomic mass is 16.5. The summed E-state index contributed by atoms with van der Waals surface area (Å²) in [4.78, 5) is 12.9. The van der Waals surface area contributed by atoms with Crippen molar-refractivity contribution in [1.29, 1.82) is 0 Å². The first-order valence-corrected chi connectivity index (χ1v) is 8.13. The van der Waals surface area contributed by atoms with E-state index in [0.717, 1.165) is 31.6 Å². The third-order valence-electron chi connectivity index (χ3n) is 3.89. The standard InChI is InChI=1S/C20H25NO2/c1-17(22)21(2)14-8-9-15-23-20-13-7-6-12-19(20)16-18-10-4-3-5-11-18/h3-7,10-13H,8-9,14-16H2,1-2H3. The van der Waals surface area contributed by atoms with E-state index >= 15 is 0 Å². The van der Waals surface area contributed by atoms with Crippen molar-refractivity contribution in [3.8, 4) is 5.75 Å². The van der Waals surface area contributed by atoms with Crippen LogP contribution in [0, 0.1) is 0 Å². The Bertz CT molecular complexity index is 610. The third-order valence-corrected chi connectivity index (χ3v) is 3.89. The number of carbonyl (C=O) groups is 1. The average molecular weight is 311 g/mol. The molecular formula is C20H25NO2. The van der Waals surface area contributed by atoms with E-state index in [1.165, 1.54) is 11.1 Å². The monoisotopic (exact) mass is 311 g/mol.